The number of benzene rings is 3. The quantitative estimate of drug-likeness (QED) is 0.242. The van der Waals surface area contributed by atoms with Gasteiger partial charge in [0.1, 0.15) is 4.90 Å². The van der Waals surface area contributed by atoms with Gasteiger partial charge in [0.25, 0.3) is 5.91 Å². The fourth-order valence-electron chi connectivity index (χ4n) is 2.77. The molecule has 0 aliphatic rings. The first-order valence-corrected chi connectivity index (χ1v) is 12.0. The Kier molecular flexibility index (Phi) is 8.38. The maximum absolute atomic E-state index is 12.6. The van der Waals surface area contributed by atoms with Gasteiger partial charge in [-0.3, -0.25) is 4.79 Å². The molecular formula is C23H20Cl2N2O6S. The summed E-state index contributed by atoms with van der Waals surface area (Å²) in [4.78, 5) is 12.4. The Hall–Kier alpha value is -3.27. The predicted molar refractivity (Wildman–Crippen MR) is 130 cm³/mol. The van der Waals surface area contributed by atoms with Gasteiger partial charge >= 0.3 is 10.1 Å². The van der Waals surface area contributed by atoms with E-state index in [2.05, 4.69) is 10.5 Å². The summed E-state index contributed by atoms with van der Waals surface area (Å²) in [5, 5.41) is 4.61. The molecule has 0 aliphatic carbocycles. The summed E-state index contributed by atoms with van der Waals surface area (Å²) in [5.74, 6) is 0.361. The van der Waals surface area contributed by atoms with Crippen molar-refractivity contribution in [2.75, 3.05) is 13.7 Å². The van der Waals surface area contributed by atoms with Gasteiger partial charge in [0.05, 0.1) is 19.9 Å². The fraction of sp³-hybridized carbons (Fsp3) is 0.130. The minimum absolute atomic E-state index is 0.0277. The number of methoxy groups -OCH3 is 1. The van der Waals surface area contributed by atoms with Crippen LogP contribution in [0.1, 0.15) is 22.8 Å². The molecule has 3 aromatic rings. The van der Waals surface area contributed by atoms with E-state index < -0.39 is 16.0 Å². The molecule has 3 rings (SSSR count). The Labute approximate surface area is 207 Å². The first kappa shape index (κ1) is 25.4. The average molecular weight is 523 g/mol. The van der Waals surface area contributed by atoms with Crippen molar-refractivity contribution < 1.29 is 26.9 Å². The molecule has 34 heavy (non-hydrogen) atoms. The number of amides is 1. The second-order valence-corrected chi connectivity index (χ2v) is 9.09. The zero-order valence-electron chi connectivity index (χ0n) is 18.1. The van der Waals surface area contributed by atoms with Gasteiger partial charge in [-0.05, 0) is 67.6 Å². The first-order valence-electron chi connectivity index (χ1n) is 9.87. The molecule has 11 heteroatoms. The number of nitrogens with zero attached hydrogens (tertiary/aromatic N) is 1. The lowest BCUT2D eigenvalue weighted by atomic mass is 10.2. The van der Waals surface area contributed by atoms with E-state index >= 15 is 0 Å². The summed E-state index contributed by atoms with van der Waals surface area (Å²) in [6.45, 7) is 2.28. The lowest BCUT2D eigenvalue weighted by molar-refractivity contribution is 0.0954. The van der Waals surface area contributed by atoms with Crippen molar-refractivity contribution in [3.63, 3.8) is 0 Å². The summed E-state index contributed by atoms with van der Waals surface area (Å²) < 4.78 is 41.2. The van der Waals surface area contributed by atoms with Crippen LogP contribution in [0.3, 0.4) is 0 Å². The number of hydrogen-bond donors (Lipinski definition) is 1. The highest BCUT2D eigenvalue weighted by Crippen LogP contribution is 2.28. The summed E-state index contributed by atoms with van der Waals surface area (Å²) in [6, 6.07) is 14.5. The molecule has 0 atom stereocenters. The van der Waals surface area contributed by atoms with E-state index in [1.54, 1.807) is 12.1 Å². The van der Waals surface area contributed by atoms with E-state index in [0.717, 1.165) is 0 Å². The van der Waals surface area contributed by atoms with Crippen LogP contribution >= 0.6 is 23.2 Å². The average Bonchev–Trinajstić information content (AvgIpc) is 2.81. The number of ether oxygens (including phenoxy) is 2. The molecule has 8 nitrogen and oxygen atoms in total. The largest absolute Gasteiger partial charge is 0.493 e. The van der Waals surface area contributed by atoms with Gasteiger partial charge in [-0.15, -0.1) is 0 Å². The van der Waals surface area contributed by atoms with Gasteiger partial charge in [-0.25, -0.2) is 5.43 Å². The Bertz CT molecular complexity index is 1310. The molecule has 0 spiro atoms. The Morgan fingerprint density at radius 2 is 1.65 bits per heavy atom. The van der Waals surface area contributed by atoms with Crippen LogP contribution < -0.4 is 19.1 Å². The molecule has 0 unspecified atom stereocenters. The Morgan fingerprint density at radius 3 is 2.32 bits per heavy atom. The van der Waals surface area contributed by atoms with Gasteiger partial charge in [0.15, 0.2) is 17.2 Å². The summed E-state index contributed by atoms with van der Waals surface area (Å²) in [6.07, 6.45) is 1.22. The SMILES string of the molecule is CCOc1ccc(C(=O)N/N=C/c2cc(Cl)ccc2OS(=O)(=O)c2ccc(Cl)cc2)cc1OC. The molecule has 0 aromatic heterocycles. The number of hydrogen-bond acceptors (Lipinski definition) is 7. The highest BCUT2D eigenvalue weighted by molar-refractivity contribution is 7.87. The number of halogens is 2. The van der Waals surface area contributed by atoms with Crippen molar-refractivity contribution >= 4 is 45.4 Å². The summed E-state index contributed by atoms with van der Waals surface area (Å²) >= 11 is 11.9. The molecule has 1 N–H and O–H groups in total. The molecule has 178 valence electrons. The molecule has 1 amide bonds. The van der Waals surface area contributed by atoms with Crippen molar-refractivity contribution in [2.24, 2.45) is 5.10 Å². The summed E-state index contributed by atoms with van der Waals surface area (Å²) in [5.41, 5.74) is 2.88. The maximum atomic E-state index is 12.6. The third-order valence-corrected chi connectivity index (χ3v) is 6.10. The Morgan fingerprint density at radius 1 is 0.971 bits per heavy atom. The molecule has 0 fully saturated rings. The number of carbonyl (C=O) groups excluding carboxylic acids is 1. The molecule has 0 radical (unpaired) electrons. The molecule has 0 saturated heterocycles. The van der Waals surface area contributed by atoms with Crippen LogP contribution in [0, 0.1) is 0 Å². The molecule has 0 aliphatic heterocycles. The van der Waals surface area contributed by atoms with Crippen molar-refractivity contribution in [2.45, 2.75) is 11.8 Å². The van der Waals surface area contributed by atoms with E-state index in [-0.39, 0.29) is 21.8 Å². The predicted octanol–water partition coefficient (Wildman–Crippen LogP) is 4.93. The molecular weight excluding hydrogens is 503 g/mol. The van der Waals surface area contributed by atoms with E-state index in [1.807, 2.05) is 6.92 Å². The van der Waals surface area contributed by atoms with Crippen molar-refractivity contribution in [3.05, 3.63) is 81.8 Å². The molecule has 0 heterocycles. The van der Waals surface area contributed by atoms with Crippen LogP contribution in [0.25, 0.3) is 0 Å². The monoisotopic (exact) mass is 522 g/mol. The third kappa shape index (κ3) is 6.40. The number of carbonyl (C=O) groups is 1. The van der Waals surface area contributed by atoms with Crippen LogP contribution in [-0.2, 0) is 10.1 Å². The lowest BCUT2D eigenvalue weighted by Gasteiger charge is -2.11. The zero-order chi connectivity index (χ0) is 24.7. The highest BCUT2D eigenvalue weighted by atomic mass is 35.5. The maximum Gasteiger partial charge on any atom is 0.339 e. The van der Waals surface area contributed by atoms with Crippen LogP contribution in [0.4, 0.5) is 0 Å². The minimum atomic E-state index is -4.14. The van der Waals surface area contributed by atoms with E-state index in [9.17, 15) is 13.2 Å². The topological polar surface area (TPSA) is 103 Å². The highest BCUT2D eigenvalue weighted by Gasteiger charge is 2.18. The van der Waals surface area contributed by atoms with Gasteiger partial charge in [-0.2, -0.15) is 13.5 Å². The molecule has 0 bridgehead atoms. The van der Waals surface area contributed by atoms with Crippen LogP contribution in [-0.4, -0.2) is 34.3 Å². The normalized spacial score (nSPS) is 11.3. The fourth-order valence-corrected chi connectivity index (χ4v) is 4.03. The van der Waals surface area contributed by atoms with Gasteiger partial charge in [-0.1, -0.05) is 23.2 Å². The van der Waals surface area contributed by atoms with Crippen LogP contribution in [0.5, 0.6) is 17.2 Å². The standard InChI is InChI=1S/C23H20Cl2N2O6S/c1-3-32-21-10-4-15(13-22(21)31-2)23(28)27-26-14-16-12-18(25)7-11-20(16)33-34(29,30)19-8-5-17(24)6-9-19/h4-14H,3H2,1-2H3,(H,27,28)/b26-14+. The van der Waals surface area contributed by atoms with E-state index in [4.69, 9.17) is 36.9 Å². The van der Waals surface area contributed by atoms with Crippen molar-refractivity contribution in [1.29, 1.82) is 0 Å². The molecule has 0 saturated carbocycles. The second kappa shape index (κ2) is 11.2. The number of rotatable bonds is 9. The minimum Gasteiger partial charge on any atom is -0.493 e. The number of hydrazone groups is 1. The first-order chi connectivity index (χ1) is 16.2. The van der Waals surface area contributed by atoms with Gasteiger partial charge in [0, 0.05) is 21.2 Å². The van der Waals surface area contributed by atoms with E-state index in [1.165, 1.54) is 61.9 Å². The summed E-state index contributed by atoms with van der Waals surface area (Å²) in [7, 11) is -2.67. The Balaban J connectivity index is 1.78. The zero-order valence-corrected chi connectivity index (χ0v) is 20.4. The lowest BCUT2D eigenvalue weighted by Crippen LogP contribution is -2.18. The van der Waals surface area contributed by atoms with Gasteiger partial charge < -0.3 is 13.7 Å². The molecule has 3 aromatic carbocycles. The van der Waals surface area contributed by atoms with E-state index in [0.29, 0.717) is 28.2 Å². The number of nitrogens with one attached hydrogen (secondary N) is 1. The van der Waals surface area contributed by atoms with Gasteiger partial charge in [0.2, 0.25) is 0 Å². The third-order valence-electron chi connectivity index (χ3n) is 4.37. The second-order valence-electron chi connectivity index (χ2n) is 6.67. The van der Waals surface area contributed by atoms with Crippen molar-refractivity contribution in [3.8, 4) is 17.2 Å². The smallest absolute Gasteiger partial charge is 0.339 e. The van der Waals surface area contributed by atoms with Crippen molar-refractivity contribution in [1.82, 2.24) is 5.43 Å². The van der Waals surface area contributed by atoms with Crippen LogP contribution in [0.15, 0.2) is 70.7 Å². The van der Waals surface area contributed by atoms with Crippen LogP contribution in [0.2, 0.25) is 10.0 Å².